The van der Waals surface area contributed by atoms with E-state index < -0.39 is 17.7 Å². The van der Waals surface area contributed by atoms with Gasteiger partial charge in [-0.15, -0.1) is 0 Å². The Bertz CT molecular complexity index is 1220. The Morgan fingerprint density at radius 3 is 2.50 bits per heavy atom. The number of hydrogen-bond acceptors (Lipinski definition) is 4. The van der Waals surface area contributed by atoms with Gasteiger partial charge in [0.15, 0.2) is 24.8 Å². The first-order valence-corrected chi connectivity index (χ1v) is 11.3. The van der Waals surface area contributed by atoms with Gasteiger partial charge in [-0.25, -0.2) is 9.97 Å². The van der Waals surface area contributed by atoms with Gasteiger partial charge in [0, 0.05) is 29.3 Å². The maximum Gasteiger partial charge on any atom is 0.295 e. The van der Waals surface area contributed by atoms with Gasteiger partial charge in [0.05, 0.1) is 24.8 Å². The second-order valence-corrected chi connectivity index (χ2v) is 8.86. The molecule has 7 heteroatoms. The summed E-state index contributed by atoms with van der Waals surface area (Å²) >= 11 is 0. The van der Waals surface area contributed by atoms with Crippen molar-refractivity contribution < 1.29 is 29.4 Å². The number of ketones is 1. The standard InChI is InChI=1S/C27H27N3O4/c1-17(2)16-34-22-7-6-21(13-18(22)3)25(31)23-24(20-8-11-28-12-9-20)30(27(33)26(23)32)15-19-5-4-10-29-14-19/h4-14,17,24,31H,15-16H2,1-3H3/p+2. The Morgan fingerprint density at radius 1 is 1.09 bits per heavy atom. The largest absolute Gasteiger partial charge is 0.507 e. The molecule has 1 aliphatic rings. The van der Waals surface area contributed by atoms with E-state index in [1.807, 2.05) is 31.2 Å². The van der Waals surface area contributed by atoms with E-state index in [-0.39, 0.29) is 17.9 Å². The smallest absolute Gasteiger partial charge is 0.295 e. The van der Waals surface area contributed by atoms with Crippen LogP contribution in [-0.4, -0.2) is 28.3 Å². The molecule has 1 aliphatic heterocycles. The Kier molecular flexibility index (Phi) is 6.72. The van der Waals surface area contributed by atoms with Gasteiger partial charge in [0.25, 0.3) is 11.7 Å². The van der Waals surface area contributed by atoms with Crippen molar-refractivity contribution in [2.75, 3.05) is 6.61 Å². The molecular formula is C27H29N3O4+2. The van der Waals surface area contributed by atoms with Crippen molar-refractivity contribution in [3.8, 4) is 5.75 Å². The monoisotopic (exact) mass is 459 g/mol. The van der Waals surface area contributed by atoms with Crippen molar-refractivity contribution in [2.45, 2.75) is 33.4 Å². The molecule has 1 amide bonds. The highest BCUT2D eigenvalue weighted by Crippen LogP contribution is 2.40. The van der Waals surface area contributed by atoms with Crippen LogP contribution in [0.4, 0.5) is 0 Å². The second-order valence-electron chi connectivity index (χ2n) is 8.86. The van der Waals surface area contributed by atoms with Crippen molar-refractivity contribution in [3.05, 3.63) is 95.1 Å². The van der Waals surface area contributed by atoms with Crippen LogP contribution in [0.3, 0.4) is 0 Å². The molecule has 3 aromatic rings. The summed E-state index contributed by atoms with van der Waals surface area (Å²) in [5, 5.41) is 11.3. The number of carbonyl (C=O) groups excluding carboxylic acids is 2. The molecule has 34 heavy (non-hydrogen) atoms. The lowest BCUT2D eigenvalue weighted by atomic mass is 9.95. The van der Waals surface area contributed by atoms with Crippen LogP contribution >= 0.6 is 0 Å². The molecule has 1 unspecified atom stereocenters. The van der Waals surface area contributed by atoms with Gasteiger partial charge in [-0.1, -0.05) is 13.8 Å². The highest BCUT2D eigenvalue weighted by atomic mass is 16.5. The van der Waals surface area contributed by atoms with Crippen molar-refractivity contribution in [2.24, 2.45) is 5.92 Å². The van der Waals surface area contributed by atoms with Crippen LogP contribution in [0.15, 0.2) is 72.8 Å². The highest BCUT2D eigenvalue weighted by Gasteiger charge is 2.46. The van der Waals surface area contributed by atoms with Crippen LogP contribution in [0, 0.1) is 12.8 Å². The number of ether oxygens (including phenoxy) is 1. The molecule has 0 radical (unpaired) electrons. The highest BCUT2D eigenvalue weighted by molar-refractivity contribution is 6.46. The van der Waals surface area contributed by atoms with Gasteiger partial charge in [-0.2, -0.15) is 0 Å². The Morgan fingerprint density at radius 2 is 1.85 bits per heavy atom. The predicted molar refractivity (Wildman–Crippen MR) is 125 cm³/mol. The zero-order valence-electron chi connectivity index (χ0n) is 19.5. The lowest BCUT2D eigenvalue weighted by Gasteiger charge is -2.24. The third-order valence-electron chi connectivity index (χ3n) is 5.74. The van der Waals surface area contributed by atoms with Gasteiger partial charge in [0.1, 0.15) is 11.5 Å². The molecule has 0 saturated carbocycles. The number of aliphatic hydroxyl groups excluding tert-OH is 1. The fraction of sp³-hybridized carbons (Fsp3) is 0.259. The number of aryl methyl sites for hydroxylation is 1. The molecule has 2 aromatic heterocycles. The number of rotatable bonds is 7. The Labute approximate surface area is 198 Å². The van der Waals surface area contributed by atoms with Gasteiger partial charge in [-0.05, 0) is 48.2 Å². The minimum Gasteiger partial charge on any atom is -0.507 e. The summed E-state index contributed by atoms with van der Waals surface area (Å²) in [5.41, 5.74) is 2.95. The lowest BCUT2D eigenvalue weighted by Crippen LogP contribution is -2.29. The van der Waals surface area contributed by atoms with Crippen LogP contribution in [0.25, 0.3) is 5.76 Å². The molecule has 1 atom stereocenters. The second kappa shape index (κ2) is 9.87. The maximum atomic E-state index is 13.2. The predicted octanol–water partition coefficient (Wildman–Crippen LogP) is 3.28. The van der Waals surface area contributed by atoms with E-state index >= 15 is 0 Å². The summed E-state index contributed by atoms with van der Waals surface area (Å²) < 4.78 is 5.84. The van der Waals surface area contributed by atoms with Crippen molar-refractivity contribution in [1.82, 2.24) is 4.90 Å². The van der Waals surface area contributed by atoms with E-state index in [1.165, 1.54) is 4.90 Å². The number of carbonyl (C=O) groups is 2. The minimum absolute atomic E-state index is 0.0753. The van der Waals surface area contributed by atoms with E-state index in [0.717, 1.165) is 22.4 Å². The van der Waals surface area contributed by atoms with E-state index in [9.17, 15) is 14.7 Å². The minimum atomic E-state index is -0.716. The molecule has 3 N–H and O–H groups in total. The number of pyridine rings is 2. The Hall–Kier alpha value is -4.00. The fourth-order valence-electron chi connectivity index (χ4n) is 4.07. The number of aromatic nitrogens is 2. The van der Waals surface area contributed by atoms with E-state index in [2.05, 4.69) is 23.8 Å². The number of aromatic amines is 2. The molecule has 0 spiro atoms. The van der Waals surface area contributed by atoms with Gasteiger partial charge >= 0.3 is 0 Å². The number of amides is 1. The third-order valence-corrected chi connectivity index (χ3v) is 5.74. The van der Waals surface area contributed by atoms with Crippen molar-refractivity contribution >= 4 is 17.4 Å². The number of nitrogens with one attached hydrogen (secondary N) is 2. The van der Waals surface area contributed by atoms with Gasteiger partial charge in [-0.3, -0.25) is 9.59 Å². The normalized spacial score (nSPS) is 17.4. The molecule has 0 bridgehead atoms. The van der Waals surface area contributed by atoms with E-state index in [4.69, 9.17) is 4.74 Å². The molecule has 174 valence electrons. The summed E-state index contributed by atoms with van der Waals surface area (Å²) in [5.74, 6) is -0.434. The average Bonchev–Trinajstić information content (AvgIpc) is 3.09. The topological polar surface area (TPSA) is 95.1 Å². The summed E-state index contributed by atoms with van der Waals surface area (Å²) in [4.78, 5) is 33.8. The lowest BCUT2D eigenvalue weighted by molar-refractivity contribution is -0.379. The number of aliphatic hydroxyl groups is 1. The van der Waals surface area contributed by atoms with E-state index in [1.54, 1.807) is 43.0 Å². The number of nitrogens with zero attached hydrogens (tertiary/aromatic N) is 1. The summed E-state index contributed by atoms with van der Waals surface area (Å²) in [6, 6.07) is 11.9. The summed E-state index contributed by atoms with van der Waals surface area (Å²) in [6.45, 7) is 6.84. The molecule has 0 aliphatic carbocycles. The molecule has 3 heterocycles. The van der Waals surface area contributed by atoms with Crippen LogP contribution in [0.1, 0.15) is 42.1 Å². The number of likely N-dealkylation sites (tertiary alicyclic amines) is 1. The first-order valence-electron chi connectivity index (χ1n) is 11.3. The molecule has 4 rings (SSSR count). The number of hydrogen-bond donors (Lipinski definition) is 1. The van der Waals surface area contributed by atoms with Crippen LogP contribution in [-0.2, 0) is 16.1 Å². The van der Waals surface area contributed by atoms with Crippen LogP contribution in [0.2, 0.25) is 0 Å². The number of H-pyrrole nitrogens is 2. The molecule has 1 fully saturated rings. The van der Waals surface area contributed by atoms with Gasteiger partial charge in [0.2, 0.25) is 0 Å². The summed E-state index contributed by atoms with van der Waals surface area (Å²) in [6.07, 6.45) is 7.03. The van der Waals surface area contributed by atoms with Crippen molar-refractivity contribution in [3.63, 3.8) is 0 Å². The third kappa shape index (κ3) is 4.69. The zero-order chi connectivity index (χ0) is 24.2. The first kappa shape index (κ1) is 23.2. The SMILES string of the molecule is Cc1cc(C(O)=C2C(=O)C(=O)N(Cc3ccc[nH+]c3)C2c2cc[nH+]cc2)ccc1OCC(C)C. The van der Waals surface area contributed by atoms with Crippen LogP contribution < -0.4 is 14.7 Å². The molecular weight excluding hydrogens is 430 g/mol. The average molecular weight is 460 g/mol. The van der Waals surface area contributed by atoms with E-state index in [0.29, 0.717) is 18.1 Å². The molecule has 1 aromatic carbocycles. The first-order chi connectivity index (χ1) is 16.4. The quantitative estimate of drug-likeness (QED) is 0.333. The number of benzene rings is 1. The Balaban J connectivity index is 1.77. The van der Waals surface area contributed by atoms with Gasteiger partial charge < -0.3 is 14.7 Å². The zero-order valence-corrected chi connectivity index (χ0v) is 19.5. The number of Topliss-reactive ketones (excluding diaryl/α,β-unsaturated/α-hetero) is 1. The fourth-order valence-corrected chi connectivity index (χ4v) is 4.07. The molecule has 7 nitrogen and oxygen atoms in total. The van der Waals surface area contributed by atoms with Crippen LogP contribution in [0.5, 0.6) is 5.75 Å². The maximum absolute atomic E-state index is 13.2. The molecule has 1 saturated heterocycles. The van der Waals surface area contributed by atoms with Crippen molar-refractivity contribution in [1.29, 1.82) is 0 Å². The summed E-state index contributed by atoms with van der Waals surface area (Å²) in [7, 11) is 0.